The van der Waals surface area contributed by atoms with Crippen molar-refractivity contribution in [1.82, 2.24) is 14.7 Å². The highest BCUT2D eigenvalue weighted by molar-refractivity contribution is 7.12. The second-order valence-corrected chi connectivity index (χ2v) is 8.08. The predicted octanol–water partition coefficient (Wildman–Crippen LogP) is 1.92. The first-order chi connectivity index (χ1) is 11.5. The van der Waals surface area contributed by atoms with Gasteiger partial charge >= 0.3 is 0 Å². The van der Waals surface area contributed by atoms with Crippen LogP contribution in [0.1, 0.15) is 28.1 Å². The molecule has 2 saturated heterocycles. The smallest absolute Gasteiger partial charge is 0.263 e. The molecule has 0 aliphatic carbocycles. The summed E-state index contributed by atoms with van der Waals surface area (Å²) in [6, 6.07) is 2.45. The van der Waals surface area contributed by atoms with Crippen LogP contribution in [0.15, 0.2) is 11.4 Å². The fourth-order valence-corrected chi connectivity index (χ4v) is 4.53. The van der Waals surface area contributed by atoms with Crippen LogP contribution < -0.4 is 0 Å². The van der Waals surface area contributed by atoms with Gasteiger partial charge in [-0.1, -0.05) is 0 Å². The summed E-state index contributed by atoms with van der Waals surface area (Å²) in [6.45, 7) is 7.65. The van der Waals surface area contributed by atoms with E-state index in [0.717, 1.165) is 57.0 Å². The number of fused-ring (bicyclic) bond motifs is 1. The molecule has 2 aliphatic rings. The molecule has 3 rings (SSSR count). The maximum absolute atomic E-state index is 12.7. The third-order valence-electron chi connectivity index (χ3n) is 5.05. The molecule has 5 nitrogen and oxygen atoms in total. The van der Waals surface area contributed by atoms with Crippen molar-refractivity contribution in [3.8, 4) is 0 Å². The highest BCUT2D eigenvalue weighted by Gasteiger charge is 2.35. The van der Waals surface area contributed by atoms with Gasteiger partial charge in [0.25, 0.3) is 5.91 Å². The van der Waals surface area contributed by atoms with E-state index in [9.17, 15) is 4.79 Å². The Bertz CT molecular complexity index is 560. The Balaban J connectivity index is 1.63. The zero-order chi connectivity index (χ0) is 17.1. The lowest BCUT2D eigenvalue weighted by atomic mass is 10.0. The Morgan fingerprint density at radius 1 is 1.33 bits per heavy atom. The van der Waals surface area contributed by atoms with Gasteiger partial charge in [0.1, 0.15) is 0 Å². The van der Waals surface area contributed by atoms with E-state index in [1.807, 2.05) is 17.9 Å². The van der Waals surface area contributed by atoms with Crippen molar-refractivity contribution < 1.29 is 9.53 Å². The molecule has 134 valence electrons. The summed E-state index contributed by atoms with van der Waals surface area (Å²) in [5, 5.41) is 2.05. The number of likely N-dealkylation sites (tertiary alicyclic amines) is 1. The van der Waals surface area contributed by atoms with Crippen molar-refractivity contribution in [1.29, 1.82) is 0 Å². The van der Waals surface area contributed by atoms with E-state index in [4.69, 9.17) is 4.74 Å². The molecule has 0 bridgehead atoms. The molecule has 0 saturated carbocycles. The van der Waals surface area contributed by atoms with Crippen LogP contribution in [-0.4, -0.2) is 86.2 Å². The highest BCUT2D eigenvalue weighted by Crippen LogP contribution is 2.25. The largest absolute Gasteiger partial charge is 0.375 e. The number of nitrogens with zero attached hydrogens (tertiary/aromatic N) is 3. The van der Waals surface area contributed by atoms with Crippen LogP contribution in [0, 0.1) is 6.92 Å². The third kappa shape index (κ3) is 4.17. The van der Waals surface area contributed by atoms with Crippen LogP contribution in [0.5, 0.6) is 0 Å². The van der Waals surface area contributed by atoms with Crippen LogP contribution in [0.2, 0.25) is 0 Å². The normalized spacial score (nSPS) is 25.6. The minimum absolute atomic E-state index is 0.187. The minimum atomic E-state index is 0.187. The van der Waals surface area contributed by atoms with Gasteiger partial charge in [-0.05, 0) is 50.9 Å². The van der Waals surface area contributed by atoms with Crippen LogP contribution in [0.4, 0.5) is 0 Å². The second kappa shape index (κ2) is 7.95. The van der Waals surface area contributed by atoms with Gasteiger partial charge in [-0.3, -0.25) is 9.69 Å². The number of hydrogen-bond acceptors (Lipinski definition) is 5. The molecule has 6 heteroatoms. The standard InChI is InChI=1S/C18H29N3O2S/c1-14-12-17(24-13-14)18(22)21-6-4-15-16(5-7-21)23-11-10-20(15)9-8-19(2)3/h12-13,15-16H,4-11H2,1-3H3. The number of likely N-dealkylation sites (N-methyl/N-ethyl adjacent to an activating group) is 1. The van der Waals surface area contributed by atoms with E-state index in [1.54, 1.807) is 11.3 Å². The monoisotopic (exact) mass is 351 g/mol. The fourth-order valence-electron chi connectivity index (χ4n) is 3.67. The molecule has 2 fully saturated rings. The first kappa shape index (κ1) is 17.9. The molecule has 1 amide bonds. The molecule has 0 spiro atoms. The summed E-state index contributed by atoms with van der Waals surface area (Å²) in [5.41, 5.74) is 1.17. The quantitative estimate of drug-likeness (QED) is 0.830. The summed E-state index contributed by atoms with van der Waals surface area (Å²) in [4.78, 5) is 20.4. The van der Waals surface area contributed by atoms with Crippen molar-refractivity contribution in [3.05, 3.63) is 21.9 Å². The number of aryl methyl sites for hydroxylation is 1. The van der Waals surface area contributed by atoms with E-state index < -0.39 is 0 Å². The van der Waals surface area contributed by atoms with Gasteiger partial charge in [0, 0.05) is 38.8 Å². The number of amides is 1. The molecular weight excluding hydrogens is 322 g/mol. The Morgan fingerprint density at radius 3 is 2.83 bits per heavy atom. The Labute approximate surface area is 149 Å². The third-order valence-corrected chi connectivity index (χ3v) is 6.09. The van der Waals surface area contributed by atoms with Gasteiger partial charge < -0.3 is 14.5 Å². The molecule has 3 heterocycles. The van der Waals surface area contributed by atoms with Crippen molar-refractivity contribution in [2.45, 2.75) is 31.9 Å². The number of thiophene rings is 1. The van der Waals surface area contributed by atoms with Crippen LogP contribution in [0.25, 0.3) is 0 Å². The molecule has 0 N–H and O–H groups in total. The van der Waals surface area contributed by atoms with Gasteiger partial charge in [0.05, 0.1) is 17.6 Å². The van der Waals surface area contributed by atoms with Gasteiger partial charge in [0.2, 0.25) is 0 Å². The predicted molar refractivity (Wildman–Crippen MR) is 97.8 cm³/mol. The summed E-state index contributed by atoms with van der Waals surface area (Å²) in [5.74, 6) is 0.187. The zero-order valence-electron chi connectivity index (χ0n) is 15.0. The number of morpholine rings is 1. The van der Waals surface area contributed by atoms with Crippen molar-refractivity contribution in [2.75, 3.05) is 53.4 Å². The molecule has 2 atom stereocenters. The number of carbonyl (C=O) groups excluding carboxylic acids is 1. The lowest BCUT2D eigenvalue weighted by molar-refractivity contribution is -0.0724. The van der Waals surface area contributed by atoms with Gasteiger partial charge in [0.15, 0.2) is 0 Å². The topological polar surface area (TPSA) is 36.0 Å². The van der Waals surface area contributed by atoms with E-state index in [1.165, 1.54) is 5.56 Å². The SMILES string of the molecule is Cc1csc(C(=O)N2CCC3OCCN(CCN(C)C)C3CC2)c1. The van der Waals surface area contributed by atoms with Gasteiger partial charge in [-0.25, -0.2) is 0 Å². The zero-order valence-corrected chi connectivity index (χ0v) is 15.8. The Kier molecular flexibility index (Phi) is 5.92. The lowest BCUT2D eigenvalue weighted by Crippen LogP contribution is -2.52. The van der Waals surface area contributed by atoms with E-state index in [-0.39, 0.29) is 12.0 Å². The maximum Gasteiger partial charge on any atom is 0.263 e. The van der Waals surface area contributed by atoms with Crippen molar-refractivity contribution in [2.24, 2.45) is 0 Å². The van der Waals surface area contributed by atoms with Gasteiger partial charge in [-0.15, -0.1) is 11.3 Å². The first-order valence-electron chi connectivity index (χ1n) is 8.89. The molecule has 0 aromatic carbocycles. The van der Waals surface area contributed by atoms with Gasteiger partial charge in [-0.2, -0.15) is 0 Å². The summed E-state index contributed by atoms with van der Waals surface area (Å²) >= 11 is 1.56. The van der Waals surface area contributed by atoms with Crippen LogP contribution in [0.3, 0.4) is 0 Å². The highest BCUT2D eigenvalue weighted by atomic mass is 32.1. The number of ether oxygens (including phenoxy) is 1. The lowest BCUT2D eigenvalue weighted by Gasteiger charge is -2.40. The summed E-state index contributed by atoms with van der Waals surface area (Å²) < 4.78 is 6.05. The van der Waals surface area contributed by atoms with E-state index in [0.29, 0.717) is 6.04 Å². The molecule has 1 aromatic heterocycles. The molecule has 0 radical (unpaired) electrons. The summed E-state index contributed by atoms with van der Waals surface area (Å²) in [6.07, 6.45) is 2.22. The number of carbonyl (C=O) groups is 1. The average molecular weight is 352 g/mol. The Hall–Kier alpha value is -0.950. The fraction of sp³-hybridized carbons (Fsp3) is 0.722. The molecule has 1 aromatic rings. The van der Waals surface area contributed by atoms with Crippen molar-refractivity contribution >= 4 is 17.2 Å². The molecule has 2 unspecified atom stereocenters. The first-order valence-corrected chi connectivity index (χ1v) is 9.77. The average Bonchev–Trinajstić information content (AvgIpc) is 2.87. The number of rotatable bonds is 4. The molecular formula is C18H29N3O2S. The summed E-state index contributed by atoms with van der Waals surface area (Å²) in [7, 11) is 4.24. The molecule has 24 heavy (non-hydrogen) atoms. The molecule has 2 aliphatic heterocycles. The van der Waals surface area contributed by atoms with E-state index in [2.05, 4.69) is 29.3 Å². The maximum atomic E-state index is 12.7. The second-order valence-electron chi connectivity index (χ2n) is 7.17. The minimum Gasteiger partial charge on any atom is -0.375 e. The van der Waals surface area contributed by atoms with Crippen LogP contribution >= 0.6 is 11.3 Å². The van der Waals surface area contributed by atoms with Crippen LogP contribution in [-0.2, 0) is 4.74 Å². The number of hydrogen-bond donors (Lipinski definition) is 0. The Morgan fingerprint density at radius 2 is 2.12 bits per heavy atom. The van der Waals surface area contributed by atoms with E-state index >= 15 is 0 Å². The van der Waals surface area contributed by atoms with Crippen molar-refractivity contribution in [3.63, 3.8) is 0 Å².